The summed E-state index contributed by atoms with van der Waals surface area (Å²) in [6.07, 6.45) is 4.82. The van der Waals surface area contributed by atoms with Crippen LogP contribution in [0.25, 0.3) is 0 Å². The van der Waals surface area contributed by atoms with E-state index in [1.54, 1.807) is 6.20 Å². The first-order valence-corrected chi connectivity index (χ1v) is 8.78. The maximum absolute atomic E-state index is 14.4. The summed E-state index contributed by atoms with van der Waals surface area (Å²) in [6, 6.07) is 4.89. The molecule has 1 fully saturated rings. The molecule has 138 valence electrons. The Labute approximate surface area is 152 Å². The molecule has 0 amide bonds. The van der Waals surface area contributed by atoms with E-state index >= 15 is 0 Å². The van der Waals surface area contributed by atoms with Gasteiger partial charge >= 0.3 is 0 Å². The molecule has 2 N–H and O–H groups in total. The van der Waals surface area contributed by atoms with Gasteiger partial charge in [-0.05, 0) is 43.4 Å². The van der Waals surface area contributed by atoms with E-state index in [2.05, 4.69) is 29.0 Å². The van der Waals surface area contributed by atoms with Gasteiger partial charge in [0.15, 0.2) is 5.82 Å². The van der Waals surface area contributed by atoms with Gasteiger partial charge in [0.2, 0.25) is 0 Å². The normalized spacial score (nSPS) is 16.4. The van der Waals surface area contributed by atoms with Gasteiger partial charge < -0.3 is 15.6 Å². The van der Waals surface area contributed by atoms with Gasteiger partial charge in [0.05, 0.1) is 17.6 Å². The SMILES string of the molecule is Cc1c(F)cc(C=N)c(Nc2ccc(N3CCC(C)(C)CC3)nc2)c1F. The molecule has 0 spiro atoms. The number of halogens is 2. The van der Waals surface area contributed by atoms with Gasteiger partial charge in [0, 0.05) is 30.4 Å². The minimum Gasteiger partial charge on any atom is -0.357 e. The summed E-state index contributed by atoms with van der Waals surface area (Å²) in [6.45, 7) is 7.88. The van der Waals surface area contributed by atoms with Crippen molar-refractivity contribution in [3.63, 3.8) is 0 Å². The average molecular weight is 358 g/mol. The lowest BCUT2D eigenvalue weighted by Crippen LogP contribution is -2.37. The lowest BCUT2D eigenvalue weighted by Gasteiger charge is -2.37. The van der Waals surface area contributed by atoms with Gasteiger partial charge in [-0.2, -0.15) is 0 Å². The van der Waals surface area contributed by atoms with E-state index in [4.69, 9.17) is 5.41 Å². The number of hydrogen-bond donors (Lipinski definition) is 2. The van der Waals surface area contributed by atoms with Gasteiger partial charge in [0.25, 0.3) is 0 Å². The molecule has 0 bridgehead atoms. The van der Waals surface area contributed by atoms with Gasteiger partial charge in [-0.3, -0.25) is 0 Å². The highest BCUT2D eigenvalue weighted by atomic mass is 19.1. The largest absolute Gasteiger partial charge is 0.357 e. The van der Waals surface area contributed by atoms with Gasteiger partial charge in [-0.25, -0.2) is 13.8 Å². The van der Waals surface area contributed by atoms with Crippen molar-refractivity contribution in [2.24, 2.45) is 5.41 Å². The van der Waals surface area contributed by atoms with Crippen LogP contribution in [0.2, 0.25) is 0 Å². The maximum atomic E-state index is 14.4. The van der Waals surface area contributed by atoms with Crippen molar-refractivity contribution in [3.05, 3.63) is 47.2 Å². The molecular weight excluding hydrogens is 334 g/mol. The highest BCUT2D eigenvalue weighted by Gasteiger charge is 2.25. The predicted octanol–water partition coefficient (Wildman–Crippen LogP) is 5.04. The van der Waals surface area contributed by atoms with Gasteiger partial charge in [-0.1, -0.05) is 13.8 Å². The number of nitrogens with one attached hydrogen (secondary N) is 2. The summed E-state index contributed by atoms with van der Waals surface area (Å²) in [4.78, 5) is 6.73. The molecule has 2 heterocycles. The summed E-state index contributed by atoms with van der Waals surface area (Å²) in [5.41, 5.74) is 1.15. The molecule has 1 aromatic carbocycles. The Morgan fingerprint density at radius 2 is 1.92 bits per heavy atom. The third-order valence-corrected chi connectivity index (χ3v) is 5.09. The number of anilines is 3. The Kier molecular flexibility index (Phi) is 4.94. The maximum Gasteiger partial charge on any atom is 0.153 e. The Hall–Kier alpha value is -2.50. The Morgan fingerprint density at radius 3 is 2.50 bits per heavy atom. The molecule has 1 aliphatic rings. The van der Waals surface area contributed by atoms with Gasteiger partial charge in [-0.15, -0.1) is 0 Å². The average Bonchev–Trinajstić information content (AvgIpc) is 2.62. The van der Waals surface area contributed by atoms with Crippen LogP contribution in [-0.4, -0.2) is 24.3 Å². The van der Waals surface area contributed by atoms with Crippen LogP contribution in [0.15, 0.2) is 24.4 Å². The molecule has 4 nitrogen and oxygen atoms in total. The fourth-order valence-electron chi connectivity index (χ4n) is 3.11. The minimum atomic E-state index is -0.689. The molecule has 0 radical (unpaired) electrons. The van der Waals surface area contributed by atoms with E-state index in [1.165, 1.54) is 6.92 Å². The van der Waals surface area contributed by atoms with E-state index in [0.29, 0.717) is 11.1 Å². The summed E-state index contributed by atoms with van der Waals surface area (Å²) in [7, 11) is 0. The second kappa shape index (κ2) is 7.02. The van der Waals surface area contributed by atoms with E-state index < -0.39 is 11.6 Å². The van der Waals surface area contributed by atoms with Gasteiger partial charge in [0.1, 0.15) is 11.6 Å². The van der Waals surface area contributed by atoms with Crippen LogP contribution in [0.4, 0.5) is 26.0 Å². The molecule has 6 heteroatoms. The van der Waals surface area contributed by atoms with E-state index in [0.717, 1.165) is 44.0 Å². The zero-order valence-corrected chi connectivity index (χ0v) is 15.4. The van der Waals surface area contributed by atoms with E-state index in [-0.39, 0.29) is 16.8 Å². The summed E-state index contributed by atoms with van der Waals surface area (Å²) >= 11 is 0. The summed E-state index contributed by atoms with van der Waals surface area (Å²) in [5, 5.41) is 10.3. The first-order valence-electron chi connectivity index (χ1n) is 8.78. The van der Waals surface area contributed by atoms with E-state index in [9.17, 15) is 8.78 Å². The molecule has 1 aliphatic heterocycles. The third kappa shape index (κ3) is 3.69. The second-order valence-electron chi connectivity index (χ2n) is 7.59. The monoisotopic (exact) mass is 358 g/mol. The lowest BCUT2D eigenvalue weighted by atomic mass is 9.83. The topological polar surface area (TPSA) is 52.0 Å². The zero-order chi connectivity index (χ0) is 18.9. The third-order valence-electron chi connectivity index (χ3n) is 5.09. The summed E-state index contributed by atoms with van der Waals surface area (Å²) < 4.78 is 28.1. The fourth-order valence-corrected chi connectivity index (χ4v) is 3.11. The van der Waals surface area contributed by atoms with Crippen molar-refractivity contribution in [1.82, 2.24) is 4.98 Å². The number of aromatic nitrogens is 1. The van der Waals surface area contributed by atoms with E-state index in [1.807, 2.05) is 12.1 Å². The van der Waals surface area contributed by atoms with Crippen LogP contribution in [0, 0.1) is 29.4 Å². The zero-order valence-electron chi connectivity index (χ0n) is 15.4. The molecular formula is C20H24F2N4. The van der Waals surface area contributed by atoms with Crippen LogP contribution in [-0.2, 0) is 0 Å². The van der Waals surface area contributed by atoms with Crippen molar-refractivity contribution >= 4 is 23.4 Å². The first kappa shape index (κ1) is 18.3. The molecule has 0 atom stereocenters. The molecule has 1 aromatic heterocycles. The van der Waals surface area contributed by atoms with Crippen LogP contribution in [0.3, 0.4) is 0 Å². The number of pyridine rings is 1. The molecule has 26 heavy (non-hydrogen) atoms. The number of nitrogens with zero attached hydrogens (tertiary/aromatic N) is 2. The number of benzene rings is 1. The molecule has 0 saturated carbocycles. The summed E-state index contributed by atoms with van der Waals surface area (Å²) in [5.74, 6) is -0.451. The van der Waals surface area contributed by atoms with Crippen molar-refractivity contribution in [1.29, 1.82) is 5.41 Å². The number of piperidine rings is 1. The second-order valence-corrected chi connectivity index (χ2v) is 7.59. The number of hydrogen-bond acceptors (Lipinski definition) is 4. The fraction of sp³-hybridized carbons (Fsp3) is 0.400. The lowest BCUT2D eigenvalue weighted by molar-refractivity contribution is 0.279. The van der Waals surface area contributed by atoms with Crippen LogP contribution in [0.5, 0.6) is 0 Å². The van der Waals surface area contributed by atoms with Crippen molar-refractivity contribution in [2.45, 2.75) is 33.6 Å². The van der Waals surface area contributed by atoms with Crippen LogP contribution >= 0.6 is 0 Å². The molecule has 1 saturated heterocycles. The highest BCUT2D eigenvalue weighted by molar-refractivity contribution is 5.88. The number of rotatable bonds is 4. The molecule has 3 rings (SSSR count). The minimum absolute atomic E-state index is 0.0707. The standard InChI is InChI=1S/C20H24F2N4/c1-13-16(21)10-14(11-23)19(18(13)22)25-15-4-5-17(24-12-15)26-8-6-20(2,3)7-9-26/h4-5,10-12,23,25H,6-9H2,1-3H3. The van der Waals surface area contributed by atoms with Crippen molar-refractivity contribution in [3.8, 4) is 0 Å². The smallest absolute Gasteiger partial charge is 0.153 e. The van der Waals surface area contributed by atoms with Crippen LogP contribution < -0.4 is 10.2 Å². The van der Waals surface area contributed by atoms with Crippen LogP contribution in [0.1, 0.15) is 37.8 Å². The first-order chi connectivity index (χ1) is 12.3. The Bertz CT molecular complexity index is 806. The molecule has 0 unspecified atom stereocenters. The highest BCUT2D eigenvalue weighted by Crippen LogP contribution is 2.32. The van der Waals surface area contributed by atoms with Crippen molar-refractivity contribution in [2.75, 3.05) is 23.3 Å². The Balaban J connectivity index is 1.78. The molecule has 0 aliphatic carbocycles. The predicted molar refractivity (Wildman–Crippen MR) is 102 cm³/mol. The Morgan fingerprint density at radius 1 is 1.23 bits per heavy atom. The molecule has 2 aromatic rings. The quantitative estimate of drug-likeness (QED) is 0.753. The van der Waals surface area contributed by atoms with Crippen molar-refractivity contribution < 1.29 is 8.78 Å².